The molecule has 0 fully saturated rings. The monoisotopic (exact) mass is 375 g/mol. The highest BCUT2D eigenvalue weighted by Gasteiger charge is 2.34. The number of thiocarbonyl (C=S) groups is 1. The van der Waals surface area contributed by atoms with Gasteiger partial charge in [0, 0.05) is 13.5 Å². The van der Waals surface area contributed by atoms with Crippen LogP contribution in [0.25, 0.3) is 0 Å². The van der Waals surface area contributed by atoms with Crippen LogP contribution < -0.4 is 0 Å². The second-order valence-electron chi connectivity index (χ2n) is 6.83. The van der Waals surface area contributed by atoms with Gasteiger partial charge in [-0.25, -0.2) is 0 Å². The molecular formula is C21H29NO3S. The first-order valence-corrected chi connectivity index (χ1v) is 10.1. The van der Waals surface area contributed by atoms with Crippen LogP contribution in [0.5, 0.6) is 0 Å². The predicted molar refractivity (Wildman–Crippen MR) is 108 cm³/mol. The van der Waals surface area contributed by atoms with E-state index in [1.807, 2.05) is 6.92 Å². The molecule has 0 saturated heterocycles. The molecule has 4 nitrogen and oxygen atoms in total. The van der Waals surface area contributed by atoms with Crippen molar-refractivity contribution in [2.45, 2.75) is 64.7 Å². The van der Waals surface area contributed by atoms with E-state index in [2.05, 4.69) is 0 Å². The summed E-state index contributed by atoms with van der Waals surface area (Å²) in [4.78, 5) is 25.9. The Morgan fingerprint density at radius 3 is 1.81 bits per heavy atom. The largest absolute Gasteiger partial charge is 0.487 e. The topological polar surface area (TPSA) is 46.6 Å². The SMILES string of the molecule is CC(=S)OCCCCCCCCCCCN1C(=O)c2ccccc2C1=O. The van der Waals surface area contributed by atoms with E-state index in [1.54, 1.807) is 24.3 Å². The molecular weight excluding hydrogens is 346 g/mol. The normalized spacial score (nSPS) is 13.2. The molecule has 0 bridgehead atoms. The number of amides is 2. The zero-order valence-electron chi connectivity index (χ0n) is 15.7. The Hall–Kier alpha value is -1.75. The molecule has 1 aromatic carbocycles. The third kappa shape index (κ3) is 6.20. The summed E-state index contributed by atoms with van der Waals surface area (Å²) in [6, 6.07) is 7.08. The fourth-order valence-corrected chi connectivity index (χ4v) is 3.35. The number of imide groups is 1. The van der Waals surface area contributed by atoms with E-state index in [4.69, 9.17) is 17.0 Å². The maximum atomic E-state index is 12.2. The Labute approximate surface area is 161 Å². The van der Waals surface area contributed by atoms with Gasteiger partial charge in [-0.1, -0.05) is 57.1 Å². The van der Waals surface area contributed by atoms with Crippen molar-refractivity contribution in [1.29, 1.82) is 0 Å². The van der Waals surface area contributed by atoms with E-state index in [-0.39, 0.29) is 11.8 Å². The average molecular weight is 376 g/mol. The first-order chi connectivity index (χ1) is 12.6. The lowest BCUT2D eigenvalue weighted by Crippen LogP contribution is -2.30. The van der Waals surface area contributed by atoms with Crippen LogP contribution in [0.15, 0.2) is 24.3 Å². The van der Waals surface area contributed by atoms with Crippen molar-refractivity contribution in [3.05, 3.63) is 35.4 Å². The Morgan fingerprint density at radius 1 is 0.846 bits per heavy atom. The minimum Gasteiger partial charge on any atom is -0.487 e. The lowest BCUT2D eigenvalue weighted by atomic mass is 10.1. The fourth-order valence-electron chi connectivity index (χ4n) is 3.27. The number of benzene rings is 1. The van der Waals surface area contributed by atoms with Crippen molar-refractivity contribution >= 4 is 29.1 Å². The third-order valence-corrected chi connectivity index (χ3v) is 4.83. The minimum absolute atomic E-state index is 0.140. The van der Waals surface area contributed by atoms with Crippen LogP contribution in [-0.2, 0) is 4.74 Å². The van der Waals surface area contributed by atoms with Gasteiger partial charge in [0.05, 0.1) is 17.7 Å². The molecule has 0 radical (unpaired) electrons. The number of nitrogens with zero attached hydrogens (tertiary/aromatic N) is 1. The molecule has 1 aliphatic rings. The standard InChI is InChI=1S/C21H29NO3S/c1-17(26)25-16-12-8-6-4-2-3-5-7-11-15-22-20(23)18-13-9-10-14-19(18)21(22)24/h9-10,13-14H,2-8,11-12,15-16H2,1H3. The number of unbranched alkanes of at least 4 members (excludes halogenated alkanes) is 8. The van der Waals surface area contributed by atoms with Crippen molar-refractivity contribution < 1.29 is 14.3 Å². The Balaban J connectivity index is 1.47. The molecule has 1 heterocycles. The number of carbonyl (C=O) groups is 2. The summed E-state index contributed by atoms with van der Waals surface area (Å²) in [6.45, 7) is 3.09. The molecule has 26 heavy (non-hydrogen) atoms. The van der Waals surface area contributed by atoms with Gasteiger partial charge in [-0.3, -0.25) is 14.5 Å². The van der Waals surface area contributed by atoms with Crippen LogP contribution in [-0.4, -0.2) is 34.9 Å². The highest BCUT2D eigenvalue weighted by Crippen LogP contribution is 2.23. The van der Waals surface area contributed by atoms with E-state index in [1.165, 1.54) is 37.0 Å². The smallest absolute Gasteiger partial charge is 0.261 e. The number of fused-ring (bicyclic) bond motifs is 1. The molecule has 0 aromatic heterocycles. The number of carbonyl (C=O) groups excluding carboxylic acids is 2. The van der Waals surface area contributed by atoms with Crippen LogP contribution in [0.1, 0.15) is 85.4 Å². The summed E-state index contributed by atoms with van der Waals surface area (Å²) >= 11 is 4.87. The molecule has 1 aliphatic heterocycles. The maximum Gasteiger partial charge on any atom is 0.261 e. The molecule has 142 valence electrons. The Kier molecular flexibility index (Phi) is 8.75. The molecule has 0 N–H and O–H groups in total. The van der Waals surface area contributed by atoms with Crippen LogP contribution in [0.3, 0.4) is 0 Å². The maximum absolute atomic E-state index is 12.2. The summed E-state index contributed by atoms with van der Waals surface area (Å²) in [7, 11) is 0. The van der Waals surface area contributed by atoms with Gasteiger partial charge in [0.15, 0.2) is 5.05 Å². The second kappa shape index (κ2) is 11.1. The Morgan fingerprint density at radius 2 is 1.31 bits per heavy atom. The molecule has 0 unspecified atom stereocenters. The van der Waals surface area contributed by atoms with E-state index >= 15 is 0 Å². The number of hydrogen-bond donors (Lipinski definition) is 0. The number of hydrogen-bond acceptors (Lipinski definition) is 4. The molecule has 5 heteroatoms. The van der Waals surface area contributed by atoms with E-state index in [0.29, 0.717) is 22.7 Å². The van der Waals surface area contributed by atoms with Gasteiger partial charge in [0.1, 0.15) is 0 Å². The second-order valence-corrected chi connectivity index (χ2v) is 7.40. The molecule has 2 rings (SSSR count). The fraction of sp³-hybridized carbons (Fsp3) is 0.571. The molecule has 0 saturated carbocycles. The quantitative estimate of drug-likeness (QED) is 0.288. The van der Waals surface area contributed by atoms with Gasteiger partial charge in [-0.15, -0.1) is 0 Å². The van der Waals surface area contributed by atoms with Gasteiger partial charge in [0.25, 0.3) is 11.8 Å². The van der Waals surface area contributed by atoms with E-state index < -0.39 is 0 Å². The third-order valence-electron chi connectivity index (χ3n) is 4.71. The highest BCUT2D eigenvalue weighted by atomic mass is 32.1. The Bertz CT molecular complexity index is 594. The summed E-state index contributed by atoms with van der Waals surface area (Å²) in [6.07, 6.45) is 10.4. The summed E-state index contributed by atoms with van der Waals surface area (Å²) < 4.78 is 5.27. The lowest BCUT2D eigenvalue weighted by molar-refractivity contribution is 0.0651. The highest BCUT2D eigenvalue weighted by molar-refractivity contribution is 7.80. The van der Waals surface area contributed by atoms with Gasteiger partial charge >= 0.3 is 0 Å². The summed E-state index contributed by atoms with van der Waals surface area (Å²) in [5.41, 5.74) is 1.09. The van der Waals surface area contributed by atoms with Crippen LogP contribution in [0.2, 0.25) is 0 Å². The van der Waals surface area contributed by atoms with Crippen LogP contribution in [0.4, 0.5) is 0 Å². The van der Waals surface area contributed by atoms with Gasteiger partial charge < -0.3 is 4.74 Å². The number of ether oxygens (including phenoxy) is 1. The molecule has 0 spiro atoms. The molecule has 0 atom stereocenters. The first kappa shape index (κ1) is 20.6. The van der Waals surface area contributed by atoms with Crippen molar-refractivity contribution in [2.24, 2.45) is 0 Å². The van der Waals surface area contributed by atoms with Crippen molar-refractivity contribution in [1.82, 2.24) is 4.90 Å². The van der Waals surface area contributed by atoms with Gasteiger partial charge in [-0.05, 0) is 37.2 Å². The van der Waals surface area contributed by atoms with Crippen molar-refractivity contribution in [2.75, 3.05) is 13.2 Å². The van der Waals surface area contributed by atoms with E-state index in [9.17, 15) is 9.59 Å². The summed E-state index contributed by atoms with van der Waals surface area (Å²) in [5, 5.41) is 0.631. The minimum atomic E-state index is -0.140. The lowest BCUT2D eigenvalue weighted by Gasteiger charge is -2.13. The average Bonchev–Trinajstić information content (AvgIpc) is 2.87. The zero-order valence-corrected chi connectivity index (χ0v) is 16.5. The molecule has 2 amide bonds. The first-order valence-electron chi connectivity index (χ1n) is 9.70. The van der Waals surface area contributed by atoms with Crippen LogP contribution >= 0.6 is 12.2 Å². The van der Waals surface area contributed by atoms with Crippen molar-refractivity contribution in [3.8, 4) is 0 Å². The van der Waals surface area contributed by atoms with E-state index in [0.717, 1.165) is 32.3 Å². The van der Waals surface area contributed by atoms with Gasteiger partial charge in [-0.2, -0.15) is 0 Å². The summed E-state index contributed by atoms with van der Waals surface area (Å²) in [5.74, 6) is -0.281. The van der Waals surface area contributed by atoms with Crippen LogP contribution in [0, 0.1) is 0 Å². The zero-order chi connectivity index (χ0) is 18.8. The predicted octanol–water partition coefficient (Wildman–Crippen LogP) is 5.16. The molecule has 0 aliphatic carbocycles. The number of rotatable bonds is 12. The molecule has 1 aromatic rings. The van der Waals surface area contributed by atoms with Crippen molar-refractivity contribution in [3.63, 3.8) is 0 Å². The van der Waals surface area contributed by atoms with Gasteiger partial charge in [0.2, 0.25) is 0 Å².